The van der Waals surface area contributed by atoms with Crippen LogP contribution in [0.1, 0.15) is 0 Å². The molecule has 0 radical (unpaired) electrons. The lowest BCUT2D eigenvalue weighted by Crippen LogP contribution is -2.18. The number of aromatic nitrogens is 6. The minimum absolute atomic E-state index is 0.706. The predicted molar refractivity (Wildman–Crippen MR) is 88.1 cm³/mol. The van der Waals surface area contributed by atoms with Crippen molar-refractivity contribution in [2.45, 2.75) is 6.54 Å². The molecule has 0 aliphatic carbocycles. The van der Waals surface area contributed by atoms with E-state index in [9.17, 15) is 0 Å². The van der Waals surface area contributed by atoms with Crippen molar-refractivity contribution in [1.82, 2.24) is 34.4 Å². The number of aryl methyl sites for hydroxylation is 1. The summed E-state index contributed by atoms with van der Waals surface area (Å²) in [5.41, 5.74) is 1.65. The molecule has 0 aromatic carbocycles. The number of hydrogen-bond donors (Lipinski definition) is 1. The Bertz CT molecular complexity index is 791. The van der Waals surface area contributed by atoms with Gasteiger partial charge in [-0.05, 0) is 30.0 Å². The number of fused-ring (bicyclic) bond motifs is 1. The van der Waals surface area contributed by atoms with E-state index in [1.165, 1.54) is 6.33 Å². The van der Waals surface area contributed by atoms with Crippen LogP contribution >= 0.6 is 15.9 Å². The minimum Gasteiger partial charge on any atom is -0.337 e. The van der Waals surface area contributed by atoms with Crippen molar-refractivity contribution in [2.75, 3.05) is 26.0 Å². The monoisotopic (exact) mass is 364 g/mol. The fraction of sp³-hybridized carbons (Fsp3) is 0.385. The van der Waals surface area contributed by atoms with E-state index in [2.05, 4.69) is 46.3 Å². The molecule has 0 atom stereocenters. The molecule has 0 spiro atoms. The molecule has 116 valence electrons. The Hall–Kier alpha value is -2.00. The van der Waals surface area contributed by atoms with E-state index in [1.807, 2.05) is 32.0 Å². The summed E-state index contributed by atoms with van der Waals surface area (Å²) >= 11 is 3.45. The van der Waals surface area contributed by atoms with Crippen molar-refractivity contribution < 1.29 is 0 Å². The second kappa shape index (κ2) is 6.01. The second-order valence-corrected chi connectivity index (χ2v) is 6.01. The molecule has 3 aromatic heterocycles. The molecule has 0 fully saturated rings. The van der Waals surface area contributed by atoms with Crippen molar-refractivity contribution in [3.63, 3.8) is 0 Å². The highest BCUT2D eigenvalue weighted by Crippen LogP contribution is 2.28. The first-order chi connectivity index (χ1) is 10.5. The van der Waals surface area contributed by atoms with E-state index in [1.54, 1.807) is 10.9 Å². The number of halogens is 1. The van der Waals surface area contributed by atoms with Gasteiger partial charge in [0.25, 0.3) is 0 Å². The highest BCUT2D eigenvalue weighted by Gasteiger charge is 2.13. The van der Waals surface area contributed by atoms with Crippen molar-refractivity contribution in [1.29, 1.82) is 0 Å². The summed E-state index contributed by atoms with van der Waals surface area (Å²) in [5, 5.41) is 12.8. The number of nitrogens with one attached hydrogen (secondary N) is 1. The van der Waals surface area contributed by atoms with Crippen molar-refractivity contribution >= 4 is 38.5 Å². The van der Waals surface area contributed by atoms with Crippen LogP contribution in [0.4, 0.5) is 11.5 Å². The quantitative estimate of drug-likeness (QED) is 0.741. The third kappa shape index (κ3) is 2.95. The average Bonchev–Trinajstić information content (AvgIpc) is 3.03. The molecule has 22 heavy (non-hydrogen) atoms. The van der Waals surface area contributed by atoms with Crippen molar-refractivity contribution in [3.8, 4) is 0 Å². The molecule has 8 nitrogen and oxygen atoms in total. The fourth-order valence-corrected chi connectivity index (χ4v) is 2.73. The van der Waals surface area contributed by atoms with Crippen LogP contribution in [0.15, 0.2) is 23.3 Å². The van der Waals surface area contributed by atoms with Gasteiger partial charge < -0.3 is 10.2 Å². The van der Waals surface area contributed by atoms with Crippen LogP contribution in [0.3, 0.4) is 0 Å². The molecule has 0 amide bonds. The third-order valence-electron chi connectivity index (χ3n) is 3.25. The van der Waals surface area contributed by atoms with E-state index >= 15 is 0 Å². The maximum absolute atomic E-state index is 4.34. The van der Waals surface area contributed by atoms with Crippen LogP contribution in [0.2, 0.25) is 0 Å². The number of nitrogens with zero attached hydrogens (tertiary/aromatic N) is 7. The molecule has 3 aromatic rings. The second-order valence-electron chi connectivity index (χ2n) is 5.26. The Morgan fingerprint density at radius 1 is 1.32 bits per heavy atom. The molecular weight excluding hydrogens is 348 g/mol. The van der Waals surface area contributed by atoms with Crippen LogP contribution in [-0.4, -0.2) is 55.1 Å². The molecular formula is C13H17BrN8. The first-order valence-corrected chi connectivity index (χ1v) is 7.61. The van der Waals surface area contributed by atoms with Gasteiger partial charge >= 0.3 is 0 Å². The van der Waals surface area contributed by atoms with Crippen LogP contribution in [0.25, 0.3) is 11.0 Å². The van der Waals surface area contributed by atoms with Gasteiger partial charge in [0.05, 0.1) is 23.8 Å². The number of likely N-dealkylation sites (N-methyl/N-ethyl adjacent to an activating group) is 1. The zero-order valence-corrected chi connectivity index (χ0v) is 14.2. The number of rotatable bonds is 5. The van der Waals surface area contributed by atoms with Gasteiger partial charge in [-0.15, -0.1) is 0 Å². The largest absolute Gasteiger partial charge is 0.337 e. The molecule has 0 saturated carbocycles. The summed E-state index contributed by atoms with van der Waals surface area (Å²) in [5.74, 6) is 0.706. The standard InChI is InChI=1S/C13H17BrN8/c1-20(2)4-5-22-7-9(6-17-22)18-12-10-11(14)19-21(3)13(10)16-8-15-12/h6-8H,4-5H2,1-3H3,(H,15,16,18). The molecule has 0 aliphatic heterocycles. The van der Waals surface area contributed by atoms with Gasteiger partial charge in [-0.2, -0.15) is 10.2 Å². The highest BCUT2D eigenvalue weighted by molar-refractivity contribution is 9.10. The SMILES string of the molecule is CN(C)CCn1cc(Nc2ncnc3c2c(Br)nn3C)cn1. The van der Waals surface area contributed by atoms with E-state index in [-0.39, 0.29) is 0 Å². The summed E-state index contributed by atoms with van der Waals surface area (Å²) in [6, 6.07) is 0. The molecule has 3 rings (SSSR count). The predicted octanol–water partition coefficient (Wildman–Crippen LogP) is 1.63. The van der Waals surface area contributed by atoms with Gasteiger partial charge in [0.15, 0.2) is 5.65 Å². The van der Waals surface area contributed by atoms with Gasteiger partial charge in [-0.3, -0.25) is 4.68 Å². The summed E-state index contributed by atoms with van der Waals surface area (Å²) in [4.78, 5) is 10.7. The Morgan fingerprint density at radius 2 is 2.14 bits per heavy atom. The summed E-state index contributed by atoms with van der Waals surface area (Å²) in [7, 11) is 5.93. The summed E-state index contributed by atoms with van der Waals surface area (Å²) in [6.07, 6.45) is 5.27. The third-order valence-corrected chi connectivity index (χ3v) is 3.81. The van der Waals surface area contributed by atoms with Crippen molar-refractivity contribution in [2.24, 2.45) is 7.05 Å². The van der Waals surface area contributed by atoms with Crippen LogP contribution in [0, 0.1) is 0 Å². The Balaban J connectivity index is 1.84. The Labute approximate surface area is 136 Å². The van der Waals surface area contributed by atoms with E-state index in [0.29, 0.717) is 10.4 Å². The first-order valence-electron chi connectivity index (χ1n) is 6.82. The molecule has 9 heteroatoms. The van der Waals surface area contributed by atoms with Gasteiger partial charge in [0.1, 0.15) is 16.7 Å². The molecule has 3 heterocycles. The summed E-state index contributed by atoms with van der Waals surface area (Å²) < 4.78 is 4.33. The maximum Gasteiger partial charge on any atom is 0.164 e. The Morgan fingerprint density at radius 3 is 2.91 bits per heavy atom. The molecule has 0 bridgehead atoms. The highest BCUT2D eigenvalue weighted by atomic mass is 79.9. The van der Waals surface area contributed by atoms with E-state index in [0.717, 1.165) is 29.8 Å². The Kier molecular flexibility index (Phi) is 4.08. The molecule has 0 aliphatic rings. The maximum atomic E-state index is 4.34. The first kappa shape index (κ1) is 14.9. The van der Waals surface area contributed by atoms with Gasteiger partial charge in [-0.1, -0.05) is 0 Å². The fourth-order valence-electron chi connectivity index (χ4n) is 2.13. The number of anilines is 2. The molecule has 1 N–H and O–H groups in total. The topological polar surface area (TPSA) is 76.7 Å². The van der Waals surface area contributed by atoms with Crippen molar-refractivity contribution in [3.05, 3.63) is 23.3 Å². The molecule has 0 saturated heterocycles. The van der Waals surface area contributed by atoms with Crippen LogP contribution in [0.5, 0.6) is 0 Å². The van der Waals surface area contributed by atoms with E-state index < -0.39 is 0 Å². The normalized spacial score (nSPS) is 11.5. The lowest BCUT2D eigenvalue weighted by Gasteiger charge is -2.08. The zero-order valence-electron chi connectivity index (χ0n) is 12.7. The van der Waals surface area contributed by atoms with Gasteiger partial charge in [0.2, 0.25) is 0 Å². The average molecular weight is 365 g/mol. The van der Waals surface area contributed by atoms with Crippen LogP contribution < -0.4 is 5.32 Å². The smallest absolute Gasteiger partial charge is 0.164 e. The number of hydrogen-bond acceptors (Lipinski definition) is 6. The van der Waals surface area contributed by atoms with Crippen LogP contribution in [-0.2, 0) is 13.6 Å². The minimum atomic E-state index is 0.706. The molecule has 0 unspecified atom stereocenters. The lowest BCUT2D eigenvalue weighted by molar-refractivity contribution is 0.373. The van der Waals surface area contributed by atoms with Gasteiger partial charge in [-0.25, -0.2) is 14.6 Å². The van der Waals surface area contributed by atoms with E-state index in [4.69, 9.17) is 0 Å². The zero-order chi connectivity index (χ0) is 15.7. The lowest BCUT2D eigenvalue weighted by atomic mass is 10.4. The van der Waals surface area contributed by atoms with Gasteiger partial charge in [0, 0.05) is 19.8 Å². The summed E-state index contributed by atoms with van der Waals surface area (Å²) in [6.45, 7) is 1.78.